The first-order chi connectivity index (χ1) is 45.1. The van der Waals surface area contributed by atoms with Crippen LogP contribution in [0.3, 0.4) is 0 Å². The highest BCUT2D eigenvalue weighted by Gasteiger charge is 2.26. The van der Waals surface area contributed by atoms with E-state index in [1.807, 2.05) is 0 Å². The Kier molecular flexibility index (Phi) is 3.37. The van der Waals surface area contributed by atoms with Crippen molar-refractivity contribution in [3.05, 3.63) is 212 Å². The number of nitrogens with zero attached hydrogens (tertiary/aromatic N) is 7. The summed E-state index contributed by atoms with van der Waals surface area (Å²) in [5.41, 5.74) is -6.81. The van der Waals surface area contributed by atoms with E-state index in [1.54, 1.807) is 0 Å². The Hall–Kier alpha value is -8.81. The third kappa shape index (κ3) is 4.83. The van der Waals surface area contributed by atoms with E-state index < -0.39 is 315 Å². The van der Waals surface area contributed by atoms with Gasteiger partial charge in [-0.2, -0.15) is 15.0 Å². The van der Waals surface area contributed by atoms with E-state index >= 15 is 0 Å². The van der Waals surface area contributed by atoms with E-state index in [-0.39, 0.29) is 0 Å². The molecule has 0 spiro atoms. The second kappa shape index (κ2) is 13.3. The fourth-order valence-corrected chi connectivity index (χ4v) is 8.36. The fraction of sp³-hybridized carbons (Fsp3) is 0. The quantitative estimate of drug-likeness (QED) is 0.173. The molecule has 0 amide bonds. The maximum atomic E-state index is 9.62. The molecule has 0 saturated heterocycles. The van der Waals surface area contributed by atoms with Gasteiger partial charge >= 0.3 is 0 Å². The van der Waals surface area contributed by atoms with Gasteiger partial charge in [-0.3, -0.25) is 9.13 Å². The smallest absolute Gasteiger partial charge is 0.240 e. The van der Waals surface area contributed by atoms with E-state index in [0.29, 0.717) is 0 Å². The van der Waals surface area contributed by atoms with E-state index in [2.05, 4.69) is 0 Å². The molecule has 0 saturated carbocycles. The molecule has 298 valence electrons. The van der Waals surface area contributed by atoms with Crippen LogP contribution < -0.4 is 0 Å². The Bertz CT molecular complexity index is 5460. The van der Waals surface area contributed by atoms with Gasteiger partial charge in [-0.1, -0.05) is 151 Å². The van der Waals surface area contributed by atoms with E-state index in [0.717, 1.165) is 18.3 Å². The molecule has 9 aromatic carbocycles. The molecule has 5 aromatic heterocycles. The molecule has 0 atom stereocenters. The lowest BCUT2D eigenvalue weighted by molar-refractivity contribution is 0.890. The molecular formula is C57H35N7. The highest BCUT2D eigenvalue weighted by atomic mass is 15.3. The standard InChI is InChI=1S/C57H35N7/c1-9-26-44-36(18-1)37-19-2-10-27-45(37)61(44)52-34-17-35-53(62-46-28-11-3-20-38(46)39-21-4-12-29-47(39)62)54(52)55-58-56(63-48-30-13-5-22-40(48)41-23-6-14-31-49(41)63)60-57(59-55)64-50-32-15-7-24-42(50)43-25-8-16-33-51(43)64/h1-35H/i1D,2D,3D,4D,5D,6D,7D,8D,9D,10D,11D,12D,13D,14D,15D,16D,18D,19D,20D,21D,22D,23D,24D,25D,26D,27D,28D,29D,30D,31D,32D,33D. The summed E-state index contributed by atoms with van der Waals surface area (Å²) in [6.07, 6.45) is 0. The van der Waals surface area contributed by atoms with Crippen LogP contribution in [0, 0.1) is 0 Å². The van der Waals surface area contributed by atoms with Crippen molar-refractivity contribution in [2.45, 2.75) is 0 Å². The molecule has 5 heterocycles. The van der Waals surface area contributed by atoms with Gasteiger partial charge in [0.05, 0.1) is 105 Å². The number of fused-ring (bicyclic) bond motifs is 12. The topological polar surface area (TPSA) is 58.4 Å². The van der Waals surface area contributed by atoms with Crippen LogP contribution in [0.4, 0.5) is 0 Å². The minimum absolute atomic E-state index is 0.515. The molecule has 14 rings (SSSR count). The Labute approximate surface area is 410 Å². The molecule has 0 aliphatic heterocycles. The SMILES string of the molecule is [2H]c1c([2H])c([2H])c2c(c1[2H])c1c([2H])c([2H])c([2H])c([2H])c1n2-c1nc(-c2c(-n3c4c([2H])c([2H])c([2H])c([2H])c4c4c([2H])c([2H])c([2H])c([2H])c43)cccc2-n2c3c([2H])c([2H])c([2H])c([2H])c3c3c([2H])c([2H])c([2H])c([2H])c32)nc(-n2c3c([2H])c([2H])c([2H])c([2H])c3c3c([2H])c([2H])c([2H])c([2H])c32)n1. The first-order valence-electron chi connectivity index (χ1n) is 35.0. The number of aromatic nitrogens is 7. The number of benzene rings is 9. The molecule has 0 aliphatic carbocycles. The number of hydrogen-bond donors (Lipinski definition) is 0. The maximum absolute atomic E-state index is 9.62. The van der Waals surface area contributed by atoms with Crippen LogP contribution in [0.25, 0.3) is 122 Å². The largest absolute Gasteiger partial charge is 0.308 e. The lowest BCUT2D eigenvalue weighted by Crippen LogP contribution is -2.12. The first kappa shape index (κ1) is 16.1. The average molecular weight is 850 g/mol. The molecule has 0 unspecified atom stereocenters. The zero-order valence-corrected chi connectivity index (χ0v) is 31.9. The van der Waals surface area contributed by atoms with E-state index in [4.69, 9.17) is 36.9 Å². The van der Waals surface area contributed by atoms with Crippen molar-refractivity contribution in [3.63, 3.8) is 0 Å². The molecule has 0 fully saturated rings. The lowest BCUT2D eigenvalue weighted by atomic mass is 10.1. The summed E-state index contributed by atoms with van der Waals surface area (Å²) >= 11 is 0. The summed E-state index contributed by atoms with van der Waals surface area (Å²) in [6.45, 7) is 0. The number of para-hydroxylation sites is 8. The Morgan fingerprint density at radius 1 is 0.281 bits per heavy atom. The zero-order valence-electron chi connectivity index (χ0n) is 63.9. The minimum atomic E-state index is -0.973. The van der Waals surface area contributed by atoms with Crippen molar-refractivity contribution in [3.8, 4) is 34.7 Å². The van der Waals surface area contributed by atoms with E-state index in [9.17, 15) is 21.9 Å². The first-order valence-corrected chi connectivity index (χ1v) is 19.0. The normalized spacial score (nSPS) is 19.1. The third-order valence-corrected chi connectivity index (χ3v) is 10.9. The molecule has 7 nitrogen and oxygen atoms in total. The van der Waals surface area contributed by atoms with Crippen LogP contribution in [0.15, 0.2) is 212 Å². The van der Waals surface area contributed by atoms with Gasteiger partial charge in [0.25, 0.3) is 0 Å². The molecule has 64 heavy (non-hydrogen) atoms. The van der Waals surface area contributed by atoms with Gasteiger partial charge in [0.2, 0.25) is 11.9 Å². The zero-order chi connectivity index (χ0) is 69.7. The average Bonchev–Trinajstić information content (AvgIpc) is 1.54. The molecule has 0 aliphatic rings. The van der Waals surface area contributed by atoms with Gasteiger partial charge < -0.3 is 9.13 Å². The summed E-state index contributed by atoms with van der Waals surface area (Å²) in [5, 5.41) is -4.30. The Balaban J connectivity index is 1.34. The van der Waals surface area contributed by atoms with Crippen molar-refractivity contribution < 1.29 is 43.9 Å². The molecular weight excluding hydrogens is 783 g/mol. The van der Waals surface area contributed by atoms with Gasteiger partial charge in [-0.15, -0.1) is 0 Å². The van der Waals surface area contributed by atoms with Crippen molar-refractivity contribution in [1.29, 1.82) is 0 Å². The van der Waals surface area contributed by atoms with Crippen LogP contribution >= 0.6 is 0 Å². The van der Waals surface area contributed by atoms with E-state index in [1.165, 1.54) is 18.2 Å². The second-order valence-corrected chi connectivity index (χ2v) is 14.1. The molecule has 7 heteroatoms. The van der Waals surface area contributed by atoms with Crippen LogP contribution in [-0.4, -0.2) is 33.2 Å². The lowest BCUT2D eigenvalue weighted by Gasteiger charge is -2.20. The van der Waals surface area contributed by atoms with Crippen molar-refractivity contribution in [2.75, 3.05) is 0 Å². The van der Waals surface area contributed by atoms with Crippen LogP contribution in [0.1, 0.15) is 43.9 Å². The fourth-order valence-electron chi connectivity index (χ4n) is 8.36. The van der Waals surface area contributed by atoms with Gasteiger partial charge in [-0.05, 0) is 60.5 Å². The highest BCUT2D eigenvalue weighted by Crippen LogP contribution is 2.42. The van der Waals surface area contributed by atoms with Crippen LogP contribution in [0.5, 0.6) is 0 Å². The molecule has 14 aromatic rings. The summed E-state index contributed by atoms with van der Waals surface area (Å²) in [5.74, 6) is -2.87. The van der Waals surface area contributed by atoms with Gasteiger partial charge in [0, 0.05) is 43.1 Å². The summed E-state index contributed by atoms with van der Waals surface area (Å²) in [7, 11) is 0. The minimum Gasteiger partial charge on any atom is -0.308 e. The Morgan fingerprint density at radius 2 is 0.516 bits per heavy atom. The molecule has 0 N–H and O–H groups in total. The van der Waals surface area contributed by atoms with Crippen LogP contribution in [0.2, 0.25) is 0 Å². The predicted octanol–water partition coefficient (Wildman–Crippen LogP) is 13.9. The predicted molar refractivity (Wildman–Crippen MR) is 263 cm³/mol. The number of rotatable bonds is 5. The van der Waals surface area contributed by atoms with Gasteiger partial charge in [0.1, 0.15) is 0 Å². The highest BCUT2D eigenvalue weighted by molar-refractivity contribution is 6.13. The third-order valence-electron chi connectivity index (χ3n) is 10.9. The molecule has 0 radical (unpaired) electrons. The van der Waals surface area contributed by atoms with Crippen molar-refractivity contribution >= 4 is 87.2 Å². The Morgan fingerprint density at radius 3 is 0.781 bits per heavy atom. The van der Waals surface area contributed by atoms with Crippen LogP contribution in [-0.2, 0) is 0 Å². The summed E-state index contributed by atoms with van der Waals surface area (Å²) in [6, 6.07) is -25.2. The number of hydrogen-bond acceptors (Lipinski definition) is 3. The maximum Gasteiger partial charge on any atom is 0.240 e. The van der Waals surface area contributed by atoms with Gasteiger partial charge in [0.15, 0.2) is 5.82 Å². The summed E-state index contributed by atoms with van der Waals surface area (Å²) in [4.78, 5) is 14.7. The van der Waals surface area contributed by atoms with Gasteiger partial charge in [-0.25, -0.2) is 0 Å². The van der Waals surface area contributed by atoms with Crippen molar-refractivity contribution in [1.82, 2.24) is 33.2 Å². The second-order valence-electron chi connectivity index (χ2n) is 14.1. The monoisotopic (exact) mass is 849 g/mol. The molecule has 0 bridgehead atoms. The summed E-state index contributed by atoms with van der Waals surface area (Å²) < 4.78 is 297. The van der Waals surface area contributed by atoms with Crippen molar-refractivity contribution in [2.24, 2.45) is 0 Å².